The van der Waals surface area contributed by atoms with Crippen molar-refractivity contribution in [3.05, 3.63) is 178 Å². The summed E-state index contributed by atoms with van der Waals surface area (Å²) in [7, 11) is 3.73. The summed E-state index contributed by atoms with van der Waals surface area (Å²) in [5.41, 5.74) is 0.773. The average Bonchev–Trinajstić information content (AvgIpc) is 0.819. The molecule has 3 N–H and O–H groups in total. The van der Waals surface area contributed by atoms with Crippen LogP contribution in [0.5, 0.6) is 11.5 Å². The van der Waals surface area contributed by atoms with E-state index in [4.69, 9.17) is 32.7 Å². The Morgan fingerprint density at radius 3 is 1.69 bits per heavy atom. The van der Waals surface area contributed by atoms with Crippen molar-refractivity contribution in [1.29, 1.82) is 0 Å². The number of hydrogen-bond donors (Lipinski definition) is 3. The van der Waals surface area contributed by atoms with Crippen LogP contribution in [-0.2, 0) is 38.9 Å². The van der Waals surface area contributed by atoms with E-state index in [2.05, 4.69) is 35.3 Å². The average molecular weight is 1340 g/mol. The topological polar surface area (TPSA) is 181 Å². The maximum atomic E-state index is 15.9. The third kappa shape index (κ3) is 17.3. The molecule has 90 heavy (non-hydrogen) atoms. The van der Waals surface area contributed by atoms with Gasteiger partial charge in [0.1, 0.15) is 63.3 Å². The second-order valence-corrected chi connectivity index (χ2v) is 26.8. The lowest BCUT2D eigenvalue weighted by Crippen LogP contribution is -2.56. The molecule has 2 aliphatic carbocycles. The van der Waals surface area contributed by atoms with Crippen LogP contribution in [-0.4, -0.2) is 120 Å². The Hall–Kier alpha value is -7.10. The highest BCUT2D eigenvalue weighted by Gasteiger charge is 2.42. The third-order valence-electron chi connectivity index (χ3n) is 15.7. The molecule has 2 aliphatic rings. The van der Waals surface area contributed by atoms with E-state index >= 15 is 8.78 Å². The molecule has 2 aromatic heterocycles. The van der Waals surface area contributed by atoms with Gasteiger partial charge in [0.05, 0.1) is 80.5 Å². The van der Waals surface area contributed by atoms with E-state index in [-0.39, 0.29) is 90.5 Å². The number of sulfonamides is 2. The molecule has 2 heterocycles. The van der Waals surface area contributed by atoms with Gasteiger partial charge in [0.25, 0.3) is 20.0 Å². The van der Waals surface area contributed by atoms with E-state index in [0.717, 1.165) is 47.0 Å². The molecule has 0 aliphatic heterocycles. The minimum atomic E-state index is -4.59. The second kappa shape index (κ2) is 29.5. The SMILES string of the molecule is C.C.COc1ccc(CN(c2ccncn2)S(=O)(=O)c2cc(Cl)c(N[C@H]3CCC(c4cccc(C(F)(F)F)c4)C[C@@H]3N(C)C)cc2F)c(OC)c1.C[N+](C)(C)[C@H]1CC(c2cccc(C(F)(F)F)c2)CC[C@@H]1Nc1cc(F)c(S(=O)(=O)Nc2ccncn2)cc1Cl. The minimum Gasteiger partial charge on any atom is -0.497 e. The van der Waals surface area contributed by atoms with Gasteiger partial charge in [-0.15, -0.1) is 0 Å². The number of rotatable bonds is 18. The highest BCUT2D eigenvalue weighted by atomic mass is 35.5. The Morgan fingerprint density at radius 1 is 0.644 bits per heavy atom. The minimum absolute atomic E-state index is 0. The molecular weight excluding hydrogens is 1270 g/mol. The van der Waals surface area contributed by atoms with Crippen molar-refractivity contribution in [3.63, 3.8) is 0 Å². The molecule has 488 valence electrons. The fourth-order valence-corrected chi connectivity index (χ4v) is 14.3. The number of ether oxygens (including phenoxy) is 2. The van der Waals surface area contributed by atoms with Gasteiger partial charge in [-0.2, -0.15) is 26.3 Å². The first-order chi connectivity index (χ1) is 41.4. The van der Waals surface area contributed by atoms with Crippen LogP contribution in [0, 0.1) is 11.6 Å². The number of halogens is 10. The lowest BCUT2D eigenvalue weighted by Gasteiger charge is -2.45. The summed E-state index contributed by atoms with van der Waals surface area (Å²) in [6, 6.07) is 22.0. The zero-order valence-electron chi connectivity index (χ0n) is 48.7. The van der Waals surface area contributed by atoms with E-state index in [9.17, 15) is 43.2 Å². The van der Waals surface area contributed by atoms with Crippen molar-refractivity contribution >= 4 is 66.3 Å². The first-order valence-corrected chi connectivity index (χ1v) is 31.2. The quantitative estimate of drug-likeness (QED) is 0.0546. The van der Waals surface area contributed by atoms with Crippen molar-refractivity contribution in [2.24, 2.45) is 0 Å². The Morgan fingerprint density at radius 2 is 1.18 bits per heavy atom. The molecule has 0 radical (unpaired) electrons. The highest BCUT2D eigenvalue weighted by molar-refractivity contribution is 7.93. The lowest BCUT2D eigenvalue weighted by molar-refractivity contribution is -0.898. The number of nitrogens with zero attached hydrogens (tertiary/aromatic N) is 7. The maximum absolute atomic E-state index is 15.9. The van der Waals surface area contributed by atoms with Gasteiger partial charge in [0.2, 0.25) is 0 Å². The van der Waals surface area contributed by atoms with E-state index in [1.807, 2.05) is 40.1 Å². The van der Waals surface area contributed by atoms with Gasteiger partial charge in [0, 0.05) is 48.6 Å². The number of aromatic nitrogens is 4. The Labute approximate surface area is 530 Å². The predicted molar refractivity (Wildman–Crippen MR) is 334 cm³/mol. The first-order valence-electron chi connectivity index (χ1n) is 27.5. The molecule has 0 amide bonds. The molecule has 2 unspecified atom stereocenters. The number of likely N-dealkylation sites (N-methyl/N-ethyl adjacent to an activating group) is 2. The molecule has 16 nitrogen and oxygen atoms in total. The molecule has 0 spiro atoms. The molecule has 2 saturated carbocycles. The fourth-order valence-electron chi connectivity index (χ4n) is 11.2. The monoisotopic (exact) mass is 1340 g/mol. The van der Waals surface area contributed by atoms with Crippen LogP contribution in [0.3, 0.4) is 0 Å². The van der Waals surface area contributed by atoms with E-state index in [1.54, 1.807) is 30.3 Å². The molecule has 0 saturated heterocycles. The van der Waals surface area contributed by atoms with Crippen molar-refractivity contribution < 1.29 is 65.9 Å². The lowest BCUT2D eigenvalue weighted by atomic mass is 9.77. The molecule has 6 atom stereocenters. The van der Waals surface area contributed by atoms with Gasteiger partial charge in [-0.25, -0.2) is 49.9 Å². The van der Waals surface area contributed by atoms with Gasteiger partial charge < -0.3 is 29.5 Å². The number of hydrogen-bond acceptors (Lipinski definition) is 13. The van der Waals surface area contributed by atoms with Crippen molar-refractivity contribution in [2.45, 2.75) is 118 Å². The van der Waals surface area contributed by atoms with E-state index < -0.39 is 65.0 Å². The summed E-state index contributed by atoms with van der Waals surface area (Å²) < 4.78 is 179. The van der Waals surface area contributed by atoms with Crippen LogP contribution in [0.2, 0.25) is 10.0 Å². The predicted octanol–water partition coefficient (Wildman–Crippen LogP) is 14.6. The number of benzene rings is 5. The number of nitrogens with one attached hydrogen (secondary N) is 3. The molecule has 28 heteroatoms. The number of alkyl halides is 6. The molecule has 9 rings (SSSR count). The van der Waals surface area contributed by atoms with Gasteiger partial charge in [0.15, 0.2) is 0 Å². The zero-order valence-corrected chi connectivity index (χ0v) is 51.9. The van der Waals surface area contributed by atoms with Gasteiger partial charge >= 0.3 is 12.4 Å². The fraction of sp³-hybridized carbons (Fsp3) is 0.387. The summed E-state index contributed by atoms with van der Waals surface area (Å²) in [6.45, 7) is -0.261. The van der Waals surface area contributed by atoms with E-state index in [1.165, 1.54) is 69.3 Å². The highest BCUT2D eigenvalue weighted by Crippen LogP contribution is 2.43. The molecule has 5 aromatic carbocycles. The molecule has 0 bridgehead atoms. The van der Waals surface area contributed by atoms with Crippen LogP contribution in [0.4, 0.5) is 58.1 Å². The molecular formula is C62H73Cl2F8N10O6S2+. The normalized spacial score (nSPS) is 18.8. The van der Waals surface area contributed by atoms with Crippen LogP contribution in [0.1, 0.15) is 93.0 Å². The Bertz CT molecular complexity index is 3800. The summed E-state index contributed by atoms with van der Waals surface area (Å²) >= 11 is 13.1. The Balaban J connectivity index is 0.000000287. The van der Waals surface area contributed by atoms with Crippen molar-refractivity contribution in [3.8, 4) is 11.5 Å². The standard InChI is InChI=1S/C34H36ClF4N5O4S.C26H29ClF4N5O2S.2CH4/c1-43(2)30-15-22(21-6-5-7-24(14-21)34(37,38)39)9-11-28(30)42-29-18-27(36)32(17-26(29)35)49(45,46)44(33-12-13-40-20-41-33)19-23-8-10-25(47-3)16-31(23)48-4;1-36(2,3)23-12-17(16-5-4-6-18(11-16)26(29,30)31)7-8-21(23)34-22-14-20(28)24(13-19(22)27)39(37,38)35-25-9-10-32-15-33-25;;/h5-8,10,12-14,16-18,20,22,28,30,42H,9,11,15,19H2,1-4H3;4-6,9-11,13-15,17,21,23,34H,7-8,12H2,1-3H3,(H,32,33,35);2*1H4/q;+1;;/t22?,28-,30-;17?,21-,23-;;/m00../s1. The summed E-state index contributed by atoms with van der Waals surface area (Å²) in [5, 5.41) is 6.55. The first kappa shape index (κ1) is 72.0. The summed E-state index contributed by atoms with van der Waals surface area (Å²) in [4.78, 5) is 16.2. The smallest absolute Gasteiger partial charge is 0.416 e. The largest absolute Gasteiger partial charge is 0.497 e. The van der Waals surface area contributed by atoms with Crippen molar-refractivity contribution in [1.82, 2.24) is 24.8 Å². The van der Waals surface area contributed by atoms with Gasteiger partial charge in [-0.05, 0) is 124 Å². The third-order valence-corrected chi connectivity index (χ3v) is 19.5. The molecule has 7 aromatic rings. The summed E-state index contributed by atoms with van der Waals surface area (Å²) in [6.07, 6.45) is -0.335. The zero-order chi connectivity index (χ0) is 64.1. The van der Waals surface area contributed by atoms with Crippen molar-refractivity contribution in [2.75, 3.05) is 69.1 Å². The summed E-state index contributed by atoms with van der Waals surface area (Å²) in [5.74, 6) is -1.41. The second-order valence-electron chi connectivity index (χ2n) is 22.5. The number of anilines is 4. The number of methoxy groups -OCH3 is 2. The van der Waals surface area contributed by atoms with Gasteiger partial charge in [-0.3, -0.25) is 4.72 Å². The number of quaternary nitrogens is 1. The van der Waals surface area contributed by atoms with Crippen LogP contribution < -0.4 is 29.1 Å². The van der Waals surface area contributed by atoms with Crippen LogP contribution in [0.15, 0.2) is 138 Å². The van der Waals surface area contributed by atoms with Crippen LogP contribution >= 0.6 is 23.2 Å². The van der Waals surface area contributed by atoms with Crippen LogP contribution in [0.25, 0.3) is 0 Å². The Kier molecular flexibility index (Phi) is 23.6. The maximum Gasteiger partial charge on any atom is 0.416 e. The van der Waals surface area contributed by atoms with E-state index in [0.29, 0.717) is 71.2 Å². The molecule has 2 fully saturated rings. The van der Waals surface area contributed by atoms with Gasteiger partial charge in [-0.1, -0.05) is 74.5 Å².